The smallest absolute Gasteiger partial charge is 0.305 e. The molecule has 2 aromatic rings. The van der Waals surface area contributed by atoms with E-state index < -0.39 is 5.97 Å². The molecule has 2 rings (SSSR count). The number of aliphatic carboxylic acids is 1. The van der Waals surface area contributed by atoms with E-state index in [1.807, 2.05) is 5.38 Å². The fourth-order valence-corrected chi connectivity index (χ4v) is 2.38. The lowest BCUT2D eigenvalue weighted by molar-refractivity contribution is -0.136. The molecule has 6 heteroatoms. The summed E-state index contributed by atoms with van der Waals surface area (Å²) in [5.41, 5.74) is 1.61. The van der Waals surface area contributed by atoms with Crippen LogP contribution in [0, 0.1) is 5.82 Å². The summed E-state index contributed by atoms with van der Waals surface area (Å²) >= 11 is 1.44. The molecule has 1 N–H and O–H groups in total. The molecular weight excluding hydrogens is 267 g/mol. The van der Waals surface area contributed by atoms with Gasteiger partial charge in [0.05, 0.1) is 12.1 Å². The first kappa shape index (κ1) is 13.5. The lowest BCUT2D eigenvalue weighted by atomic mass is 10.2. The molecule has 1 heterocycles. The zero-order chi connectivity index (χ0) is 13.8. The molecule has 0 unspecified atom stereocenters. The number of nitrogens with zero attached hydrogens (tertiary/aromatic N) is 2. The van der Waals surface area contributed by atoms with E-state index >= 15 is 0 Å². The summed E-state index contributed by atoms with van der Waals surface area (Å²) in [6.07, 6.45) is 0.0714. The van der Waals surface area contributed by atoms with Crippen LogP contribution in [0.5, 0.6) is 0 Å². The standard InChI is InChI=1S/C13H13FN2O2S/c1-16(7-6-12(17)18)13-15-11(8-19-13)9-2-4-10(14)5-3-9/h2-5,8H,6-7H2,1H3,(H,17,18). The molecule has 100 valence electrons. The Labute approximate surface area is 114 Å². The topological polar surface area (TPSA) is 53.4 Å². The second-order valence-electron chi connectivity index (χ2n) is 4.09. The predicted molar refractivity (Wildman–Crippen MR) is 73.0 cm³/mol. The van der Waals surface area contributed by atoms with Crippen LogP contribution < -0.4 is 4.90 Å². The second kappa shape index (κ2) is 5.79. The first-order chi connectivity index (χ1) is 9.06. The van der Waals surface area contributed by atoms with Crippen molar-refractivity contribution in [2.75, 3.05) is 18.5 Å². The van der Waals surface area contributed by atoms with E-state index in [0.717, 1.165) is 16.4 Å². The molecule has 0 spiro atoms. The van der Waals surface area contributed by atoms with Crippen LogP contribution in [0.1, 0.15) is 6.42 Å². The molecule has 1 aromatic heterocycles. The monoisotopic (exact) mass is 280 g/mol. The Kier molecular flexibility index (Phi) is 4.11. The van der Waals surface area contributed by atoms with Crippen molar-refractivity contribution in [3.05, 3.63) is 35.5 Å². The second-order valence-corrected chi connectivity index (χ2v) is 4.92. The Morgan fingerprint density at radius 1 is 1.42 bits per heavy atom. The summed E-state index contributed by atoms with van der Waals surface area (Å²) < 4.78 is 12.8. The number of carbonyl (C=O) groups is 1. The third kappa shape index (κ3) is 3.51. The number of hydrogen-bond donors (Lipinski definition) is 1. The normalized spacial score (nSPS) is 10.4. The van der Waals surface area contributed by atoms with Gasteiger partial charge in [-0.3, -0.25) is 4.79 Å². The van der Waals surface area contributed by atoms with Crippen molar-refractivity contribution >= 4 is 22.4 Å². The van der Waals surface area contributed by atoms with Crippen molar-refractivity contribution < 1.29 is 14.3 Å². The summed E-state index contributed by atoms with van der Waals surface area (Å²) in [6, 6.07) is 6.13. The van der Waals surface area contributed by atoms with Crippen molar-refractivity contribution in [3.8, 4) is 11.3 Å². The maximum Gasteiger partial charge on any atom is 0.305 e. The van der Waals surface area contributed by atoms with Crippen molar-refractivity contribution in [1.29, 1.82) is 0 Å². The van der Waals surface area contributed by atoms with Gasteiger partial charge in [0.2, 0.25) is 0 Å². The van der Waals surface area contributed by atoms with Gasteiger partial charge in [0.25, 0.3) is 0 Å². The van der Waals surface area contributed by atoms with Crippen LogP contribution in [-0.2, 0) is 4.79 Å². The van der Waals surface area contributed by atoms with E-state index in [9.17, 15) is 9.18 Å². The molecule has 0 atom stereocenters. The maximum absolute atomic E-state index is 12.8. The molecule has 19 heavy (non-hydrogen) atoms. The number of benzene rings is 1. The summed E-state index contributed by atoms with van der Waals surface area (Å²) in [4.78, 5) is 16.7. The minimum atomic E-state index is -0.831. The molecule has 0 amide bonds. The number of anilines is 1. The van der Waals surface area contributed by atoms with Crippen LogP contribution in [0.3, 0.4) is 0 Å². The van der Waals surface area contributed by atoms with E-state index in [2.05, 4.69) is 4.98 Å². The molecule has 0 saturated heterocycles. The van der Waals surface area contributed by atoms with Gasteiger partial charge in [-0.25, -0.2) is 9.37 Å². The minimum Gasteiger partial charge on any atom is -0.481 e. The van der Waals surface area contributed by atoms with Gasteiger partial charge in [-0.05, 0) is 24.3 Å². The fraction of sp³-hybridized carbons (Fsp3) is 0.231. The number of rotatable bonds is 5. The zero-order valence-electron chi connectivity index (χ0n) is 10.3. The van der Waals surface area contributed by atoms with Crippen LogP contribution in [0.2, 0.25) is 0 Å². The van der Waals surface area contributed by atoms with Crippen LogP contribution >= 0.6 is 11.3 Å². The van der Waals surface area contributed by atoms with Gasteiger partial charge in [0.15, 0.2) is 5.13 Å². The first-order valence-electron chi connectivity index (χ1n) is 5.70. The molecule has 0 fully saturated rings. The highest BCUT2D eigenvalue weighted by Gasteiger charge is 2.09. The lowest BCUT2D eigenvalue weighted by Crippen LogP contribution is -2.20. The van der Waals surface area contributed by atoms with E-state index in [1.165, 1.54) is 23.5 Å². The maximum atomic E-state index is 12.8. The molecule has 4 nitrogen and oxygen atoms in total. The van der Waals surface area contributed by atoms with Crippen LogP contribution in [0.15, 0.2) is 29.6 Å². The summed E-state index contributed by atoms with van der Waals surface area (Å²) in [5, 5.41) is 11.3. The number of aromatic nitrogens is 1. The summed E-state index contributed by atoms with van der Waals surface area (Å²) in [5.74, 6) is -1.11. The molecule has 0 aliphatic rings. The highest BCUT2D eigenvalue weighted by Crippen LogP contribution is 2.26. The molecule has 1 aromatic carbocycles. The molecule has 0 radical (unpaired) electrons. The van der Waals surface area contributed by atoms with E-state index in [-0.39, 0.29) is 12.2 Å². The molecule has 0 bridgehead atoms. The summed E-state index contributed by atoms with van der Waals surface area (Å²) in [7, 11) is 1.80. The molecule has 0 saturated carbocycles. The number of halogens is 1. The van der Waals surface area contributed by atoms with E-state index in [1.54, 1.807) is 24.1 Å². The molecule has 0 aliphatic carbocycles. The number of hydrogen-bond acceptors (Lipinski definition) is 4. The third-order valence-electron chi connectivity index (χ3n) is 2.62. The largest absolute Gasteiger partial charge is 0.481 e. The fourth-order valence-electron chi connectivity index (χ4n) is 1.55. The Bertz CT molecular complexity index is 568. The van der Waals surface area contributed by atoms with Crippen molar-refractivity contribution in [3.63, 3.8) is 0 Å². The Morgan fingerprint density at radius 2 is 2.11 bits per heavy atom. The van der Waals surface area contributed by atoms with Crippen molar-refractivity contribution in [2.45, 2.75) is 6.42 Å². The number of carboxylic acid groups (broad SMARTS) is 1. The van der Waals surface area contributed by atoms with Crippen molar-refractivity contribution in [1.82, 2.24) is 4.98 Å². The molecule has 0 aliphatic heterocycles. The van der Waals surface area contributed by atoms with E-state index in [0.29, 0.717) is 6.54 Å². The van der Waals surface area contributed by atoms with Crippen LogP contribution in [0.25, 0.3) is 11.3 Å². The SMILES string of the molecule is CN(CCC(=O)O)c1nc(-c2ccc(F)cc2)cs1. The molecular formula is C13H13FN2O2S. The van der Waals surface area contributed by atoms with Crippen molar-refractivity contribution in [2.24, 2.45) is 0 Å². The Balaban J connectivity index is 2.10. The average molecular weight is 280 g/mol. The van der Waals surface area contributed by atoms with Crippen LogP contribution in [-0.4, -0.2) is 29.7 Å². The zero-order valence-corrected chi connectivity index (χ0v) is 11.2. The van der Waals surface area contributed by atoms with Crippen LogP contribution in [0.4, 0.5) is 9.52 Å². The highest BCUT2D eigenvalue weighted by molar-refractivity contribution is 7.14. The summed E-state index contributed by atoms with van der Waals surface area (Å²) in [6.45, 7) is 0.408. The average Bonchev–Trinajstić information content (AvgIpc) is 2.86. The minimum absolute atomic E-state index is 0.0714. The third-order valence-corrected chi connectivity index (χ3v) is 3.57. The Hall–Kier alpha value is -1.95. The van der Waals surface area contributed by atoms with Gasteiger partial charge >= 0.3 is 5.97 Å². The van der Waals surface area contributed by atoms with E-state index in [4.69, 9.17) is 5.11 Å². The van der Waals surface area contributed by atoms with Gasteiger partial charge < -0.3 is 10.0 Å². The van der Waals surface area contributed by atoms with Gasteiger partial charge in [0, 0.05) is 24.5 Å². The highest BCUT2D eigenvalue weighted by atomic mass is 32.1. The quantitative estimate of drug-likeness (QED) is 0.915. The predicted octanol–water partition coefficient (Wildman–Crippen LogP) is 2.86. The van der Waals surface area contributed by atoms with Gasteiger partial charge in [0.1, 0.15) is 5.82 Å². The van der Waals surface area contributed by atoms with Gasteiger partial charge in [-0.2, -0.15) is 0 Å². The Morgan fingerprint density at radius 3 is 2.74 bits per heavy atom. The number of carboxylic acids is 1. The number of thiazole rings is 1. The van der Waals surface area contributed by atoms with Gasteiger partial charge in [-0.15, -0.1) is 11.3 Å². The first-order valence-corrected chi connectivity index (χ1v) is 6.58. The van der Waals surface area contributed by atoms with Gasteiger partial charge in [-0.1, -0.05) is 0 Å². The lowest BCUT2D eigenvalue weighted by Gasteiger charge is -2.13.